The summed E-state index contributed by atoms with van der Waals surface area (Å²) in [5.41, 5.74) is 0.212. The van der Waals surface area contributed by atoms with Crippen molar-refractivity contribution in [1.29, 1.82) is 0 Å². The summed E-state index contributed by atoms with van der Waals surface area (Å²) in [5, 5.41) is 18.2. The lowest BCUT2D eigenvalue weighted by Gasteiger charge is -2.14. The van der Waals surface area contributed by atoms with E-state index in [2.05, 4.69) is 0 Å². The highest BCUT2D eigenvalue weighted by Gasteiger charge is 2.37. The molecule has 0 aromatic heterocycles. The van der Waals surface area contributed by atoms with Crippen molar-refractivity contribution >= 4 is 39.3 Å². The summed E-state index contributed by atoms with van der Waals surface area (Å²) in [7, 11) is -3.91. The molecule has 10 nitrogen and oxygen atoms in total. The summed E-state index contributed by atoms with van der Waals surface area (Å²) in [5.74, 6) is -3.13. The number of fused-ring (bicyclic) bond motifs is 1. The maximum atomic E-state index is 13.0. The molecule has 0 radical (unpaired) electrons. The van der Waals surface area contributed by atoms with Crippen molar-refractivity contribution in [3.05, 3.63) is 113 Å². The smallest absolute Gasteiger partial charge is 0.335 e. The topological polar surface area (TPSA) is 155 Å². The van der Waals surface area contributed by atoms with Gasteiger partial charge in [0.25, 0.3) is 11.8 Å². The SMILES string of the molecule is O=C(O)c1ccc(S(=O)(=O)c2ccc(Oc3ccc4c(c3)C(=O)N(c3cccc(C(=O)O)c3)C4=O)cc2)cc1. The van der Waals surface area contributed by atoms with Crippen molar-refractivity contribution in [1.82, 2.24) is 0 Å². The zero-order valence-corrected chi connectivity index (χ0v) is 20.6. The number of ether oxygens (including phenoxy) is 1. The number of hydrogen-bond donors (Lipinski definition) is 2. The number of nitrogens with zero attached hydrogens (tertiary/aromatic N) is 1. The Bertz CT molecular complexity index is 1780. The number of rotatable bonds is 7. The average Bonchev–Trinajstić information content (AvgIpc) is 3.18. The fourth-order valence-corrected chi connectivity index (χ4v) is 5.29. The van der Waals surface area contributed by atoms with E-state index in [0.29, 0.717) is 0 Å². The van der Waals surface area contributed by atoms with E-state index in [0.717, 1.165) is 4.90 Å². The molecule has 1 heterocycles. The number of hydrogen-bond acceptors (Lipinski definition) is 7. The number of aromatic carboxylic acids is 2. The largest absolute Gasteiger partial charge is 0.478 e. The first-order valence-corrected chi connectivity index (χ1v) is 12.8. The Morgan fingerprint density at radius 3 is 1.82 bits per heavy atom. The first-order chi connectivity index (χ1) is 18.6. The van der Waals surface area contributed by atoms with Crippen molar-refractivity contribution in [3.63, 3.8) is 0 Å². The van der Waals surface area contributed by atoms with Gasteiger partial charge in [0, 0.05) is 0 Å². The molecule has 0 unspecified atom stereocenters. The second-order valence-corrected chi connectivity index (χ2v) is 10.4. The standard InChI is InChI=1S/C28H17NO9S/c30-25-23-13-8-20(15-24(23)26(31)29(25)18-3-1-2-17(14-18)28(34)35)38-19-6-11-22(12-7-19)39(36,37)21-9-4-16(5-10-21)27(32)33/h1-15H,(H,32,33)(H,34,35). The van der Waals surface area contributed by atoms with Crippen molar-refractivity contribution in [3.8, 4) is 11.5 Å². The molecular formula is C28H17NO9S. The van der Waals surface area contributed by atoms with Crippen LogP contribution in [0.1, 0.15) is 41.4 Å². The van der Waals surface area contributed by atoms with Crippen LogP contribution in [-0.2, 0) is 9.84 Å². The van der Waals surface area contributed by atoms with Gasteiger partial charge in [-0.15, -0.1) is 0 Å². The van der Waals surface area contributed by atoms with E-state index in [1.54, 1.807) is 0 Å². The fourth-order valence-electron chi connectivity index (χ4n) is 4.03. The first-order valence-electron chi connectivity index (χ1n) is 11.3. The molecule has 0 fully saturated rings. The van der Waals surface area contributed by atoms with Crippen LogP contribution in [0, 0.1) is 0 Å². The van der Waals surface area contributed by atoms with Crippen LogP contribution in [0.15, 0.2) is 101 Å². The highest BCUT2D eigenvalue weighted by Crippen LogP contribution is 2.33. The molecule has 194 valence electrons. The van der Waals surface area contributed by atoms with E-state index in [1.807, 2.05) is 0 Å². The zero-order valence-electron chi connectivity index (χ0n) is 19.8. The zero-order chi connectivity index (χ0) is 27.9. The lowest BCUT2D eigenvalue weighted by molar-refractivity contribution is 0.0686. The van der Waals surface area contributed by atoms with Crippen LogP contribution in [0.4, 0.5) is 5.69 Å². The predicted octanol–water partition coefficient (Wildman–Crippen LogP) is 4.51. The van der Waals surface area contributed by atoms with Gasteiger partial charge in [-0.1, -0.05) is 6.07 Å². The van der Waals surface area contributed by atoms with Crippen molar-refractivity contribution in [2.75, 3.05) is 4.90 Å². The Balaban J connectivity index is 1.36. The Labute approximate surface area is 221 Å². The quantitative estimate of drug-likeness (QED) is 0.320. The summed E-state index contributed by atoms with van der Waals surface area (Å²) < 4.78 is 31.6. The van der Waals surface area contributed by atoms with Gasteiger partial charge in [-0.3, -0.25) is 9.59 Å². The number of carboxylic acids is 2. The maximum Gasteiger partial charge on any atom is 0.335 e. The Morgan fingerprint density at radius 1 is 0.641 bits per heavy atom. The summed E-state index contributed by atoms with van der Waals surface area (Å²) in [6.45, 7) is 0. The van der Waals surface area contributed by atoms with Gasteiger partial charge in [0.15, 0.2) is 0 Å². The highest BCUT2D eigenvalue weighted by atomic mass is 32.2. The molecule has 39 heavy (non-hydrogen) atoms. The molecule has 0 saturated carbocycles. The van der Waals surface area contributed by atoms with Crippen LogP contribution < -0.4 is 9.64 Å². The number of amides is 2. The number of anilines is 1. The summed E-state index contributed by atoms with van der Waals surface area (Å²) in [6.07, 6.45) is 0. The van der Waals surface area contributed by atoms with Gasteiger partial charge < -0.3 is 14.9 Å². The molecule has 2 amide bonds. The molecule has 2 N–H and O–H groups in total. The van der Waals surface area contributed by atoms with Crippen LogP contribution in [0.2, 0.25) is 0 Å². The minimum Gasteiger partial charge on any atom is -0.478 e. The second kappa shape index (κ2) is 9.54. The first kappa shape index (κ1) is 25.4. The number of imide groups is 1. The van der Waals surface area contributed by atoms with Crippen LogP contribution in [0.25, 0.3) is 0 Å². The van der Waals surface area contributed by atoms with Crippen LogP contribution in [-0.4, -0.2) is 42.4 Å². The number of benzene rings is 4. The Morgan fingerprint density at radius 2 is 1.21 bits per heavy atom. The summed E-state index contributed by atoms with van der Waals surface area (Å²) >= 11 is 0. The van der Waals surface area contributed by atoms with Crippen molar-refractivity contribution in [2.45, 2.75) is 9.79 Å². The molecule has 4 aromatic rings. The van der Waals surface area contributed by atoms with Gasteiger partial charge in [-0.2, -0.15) is 0 Å². The van der Waals surface area contributed by atoms with Crippen molar-refractivity contribution in [2.24, 2.45) is 0 Å². The fraction of sp³-hybridized carbons (Fsp3) is 0. The minimum absolute atomic E-state index is 0.0353. The number of sulfone groups is 1. The molecule has 1 aliphatic rings. The van der Waals surface area contributed by atoms with Gasteiger partial charge in [-0.25, -0.2) is 22.9 Å². The number of carboxylic acid groups (broad SMARTS) is 2. The van der Waals surface area contributed by atoms with E-state index in [-0.39, 0.29) is 49.2 Å². The maximum absolute atomic E-state index is 13.0. The van der Waals surface area contributed by atoms with E-state index in [9.17, 15) is 32.7 Å². The summed E-state index contributed by atoms with van der Waals surface area (Å²) in [6, 6.07) is 20.1. The lowest BCUT2D eigenvalue weighted by atomic mass is 10.1. The molecule has 4 aromatic carbocycles. The molecule has 0 atom stereocenters. The van der Waals surface area contributed by atoms with Crippen LogP contribution >= 0.6 is 0 Å². The second-order valence-electron chi connectivity index (χ2n) is 8.42. The third-order valence-electron chi connectivity index (χ3n) is 5.99. The monoisotopic (exact) mass is 543 g/mol. The Hall–Kier alpha value is -5.29. The molecule has 0 saturated heterocycles. The molecule has 1 aliphatic heterocycles. The van der Waals surface area contributed by atoms with Gasteiger partial charge >= 0.3 is 11.9 Å². The molecule has 0 spiro atoms. The van der Waals surface area contributed by atoms with Gasteiger partial charge in [0.05, 0.1) is 37.7 Å². The van der Waals surface area contributed by atoms with Gasteiger partial charge in [-0.05, 0) is 84.9 Å². The average molecular weight is 544 g/mol. The van der Waals surface area contributed by atoms with Gasteiger partial charge in [0.2, 0.25) is 9.84 Å². The Kier molecular flexibility index (Phi) is 6.21. The van der Waals surface area contributed by atoms with E-state index >= 15 is 0 Å². The normalized spacial score (nSPS) is 12.8. The van der Waals surface area contributed by atoms with Crippen LogP contribution in [0.3, 0.4) is 0 Å². The number of carbonyl (C=O) groups is 4. The predicted molar refractivity (Wildman–Crippen MR) is 136 cm³/mol. The molecule has 0 bridgehead atoms. The van der Waals surface area contributed by atoms with E-state index in [1.165, 1.54) is 91.0 Å². The highest BCUT2D eigenvalue weighted by molar-refractivity contribution is 7.91. The van der Waals surface area contributed by atoms with Crippen LogP contribution in [0.5, 0.6) is 11.5 Å². The minimum atomic E-state index is -3.91. The molecule has 0 aliphatic carbocycles. The van der Waals surface area contributed by atoms with Crippen molar-refractivity contribution < 1.29 is 42.5 Å². The summed E-state index contributed by atoms with van der Waals surface area (Å²) in [4.78, 5) is 49.0. The third-order valence-corrected chi connectivity index (χ3v) is 7.78. The molecular weight excluding hydrogens is 526 g/mol. The molecule has 11 heteroatoms. The van der Waals surface area contributed by atoms with E-state index < -0.39 is 33.6 Å². The van der Waals surface area contributed by atoms with Gasteiger partial charge in [0.1, 0.15) is 11.5 Å². The lowest BCUT2D eigenvalue weighted by Crippen LogP contribution is -2.29. The third kappa shape index (κ3) is 4.62. The number of carbonyl (C=O) groups excluding carboxylic acids is 2. The van der Waals surface area contributed by atoms with E-state index in [4.69, 9.17) is 9.84 Å². The molecule has 5 rings (SSSR count).